The topological polar surface area (TPSA) is 37.6 Å². The lowest BCUT2D eigenvalue weighted by Crippen LogP contribution is -2.39. The van der Waals surface area contributed by atoms with E-state index < -0.39 is 0 Å². The normalized spacial score (nSPS) is 19.5. The molecule has 2 aromatic rings. The fourth-order valence-corrected chi connectivity index (χ4v) is 3.58. The maximum atomic E-state index is 12.6. The van der Waals surface area contributed by atoms with Gasteiger partial charge in [-0.25, -0.2) is 4.98 Å². The highest BCUT2D eigenvalue weighted by Crippen LogP contribution is 2.29. The van der Waals surface area contributed by atoms with E-state index in [1.165, 1.54) is 18.5 Å². The second-order valence-electron chi connectivity index (χ2n) is 5.93. The Kier molecular flexibility index (Phi) is 2.76. The minimum atomic E-state index is 0.274. The van der Waals surface area contributed by atoms with Crippen molar-refractivity contribution in [1.82, 2.24) is 14.3 Å². The first-order valence-corrected chi connectivity index (χ1v) is 7.56. The zero-order valence-corrected chi connectivity index (χ0v) is 11.6. The van der Waals surface area contributed by atoms with E-state index in [0.717, 1.165) is 43.7 Å². The number of hydrogen-bond donors (Lipinski definition) is 0. The molecule has 2 aliphatic rings. The van der Waals surface area contributed by atoms with Crippen LogP contribution in [0, 0.1) is 5.92 Å². The molecule has 0 bridgehead atoms. The van der Waals surface area contributed by atoms with Crippen molar-refractivity contribution in [2.45, 2.75) is 38.6 Å². The van der Waals surface area contributed by atoms with Crippen LogP contribution in [0.1, 0.15) is 37.1 Å². The van der Waals surface area contributed by atoms with Gasteiger partial charge >= 0.3 is 0 Å². The molecule has 20 heavy (non-hydrogen) atoms. The number of hydrogen-bond acceptors (Lipinski definition) is 2. The molecule has 4 nitrogen and oxygen atoms in total. The highest BCUT2D eigenvalue weighted by molar-refractivity contribution is 5.79. The van der Waals surface area contributed by atoms with E-state index in [4.69, 9.17) is 0 Å². The van der Waals surface area contributed by atoms with Gasteiger partial charge in [0, 0.05) is 25.1 Å². The van der Waals surface area contributed by atoms with E-state index in [9.17, 15) is 4.79 Å². The van der Waals surface area contributed by atoms with Crippen molar-refractivity contribution in [3.05, 3.63) is 35.8 Å². The average molecular weight is 269 g/mol. The van der Waals surface area contributed by atoms with Crippen LogP contribution in [0.25, 0.3) is 5.65 Å². The second-order valence-corrected chi connectivity index (χ2v) is 5.93. The van der Waals surface area contributed by atoms with E-state index in [2.05, 4.69) is 9.38 Å². The van der Waals surface area contributed by atoms with Crippen LogP contribution in [0.2, 0.25) is 0 Å². The summed E-state index contributed by atoms with van der Waals surface area (Å²) >= 11 is 0. The number of nitrogens with zero attached hydrogens (tertiary/aromatic N) is 3. The largest absolute Gasteiger partial charge is 0.336 e. The predicted octanol–water partition coefficient (Wildman–Crippen LogP) is 2.41. The van der Waals surface area contributed by atoms with Gasteiger partial charge in [-0.15, -0.1) is 0 Å². The van der Waals surface area contributed by atoms with Crippen LogP contribution in [-0.4, -0.2) is 26.7 Å². The molecule has 1 fully saturated rings. The molecular weight excluding hydrogens is 250 g/mol. The van der Waals surface area contributed by atoms with Crippen molar-refractivity contribution in [1.29, 1.82) is 0 Å². The fraction of sp³-hybridized carbons (Fsp3) is 0.500. The first-order valence-electron chi connectivity index (χ1n) is 7.56. The predicted molar refractivity (Wildman–Crippen MR) is 76.3 cm³/mol. The Bertz CT molecular complexity index is 655. The van der Waals surface area contributed by atoms with Crippen LogP contribution >= 0.6 is 0 Å². The van der Waals surface area contributed by atoms with Gasteiger partial charge in [-0.2, -0.15) is 0 Å². The molecule has 0 unspecified atom stereocenters. The smallest absolute Gasteiger partial charge is 0.226 e. The molecule has 0 saturated heterocycles. The molecule has 4 heteroatoms. The number of imidazole rings is 1. The van der Waals surface area contributed by atoms with Gasteiger partial charge in [0.05, 0.1) is 17.9 Å². The Morgan fingerprint density at radius 2 is 2.10 bits per heavy atom. The number of rotatable bonds is 1. The van der Waals surface area contributed by atoms with Crippen LogP contribution in [-0.2, 0) is 17.8 Å². The summed E-state index contributed by atoms with van der Waals surface area (Å²) in [5.74, 6) is 0.634. The van der Waals surface area contributed by atoms with Crippen molar-refractivity contribution in [3.8, 4) is 0 Å². The summed E-state index contributed by atoms with van der Waals surface area (Å²) in [6, 6.07) is 6.06. The Balaban J connectivity index is 1.63. The SMILES string of the molecule is O=C(C1CCCC1)N1CCc2nc3ccccn3c2C1. The third-order valence-corrected chi connectivity index (χ3v) is 4.69. The molecular formula is C16H19N3O. The third-order valence-electron chi connectivity index (χ3n) is 4.69. The van der Waals surface area contributed by atoms with Gasteiger partial charge in [0.25, 0.3) is 0 Å². The molecule has 4 rings (SSSR count). The first-order chi connectivity index (χ1) is 9.83. The molecule has 0 spiro atoms. The van der Waals surface area contributed by atoms with Gasteiger partial charge in [0.15, 0.2) is 0 Å². The highest BCUT2D eigenvalue weighted by atomic mass is 16.2. The van der Waals surface area contributed by atoms with Crippen LogP contribution in [0.3, 0.4) is 0 Å². The van der Waals surface area contributed by atoms with Crippen molar-refractivity contribution in [2.24, 2.45) is 5.92 Å². The minimum Gasteiger partial charge on any atom is -0.336 e. The molecule has 3 heterocycles. The number of fused-ring (bicyclic) bond motifs is 3. The summed E-state index contributed by atoms with van der Waals surface area (Å²) < 4.78 is 2.13. The quantitative estimate of drug-likeness (QED) is 0.797. The molecule has 1 saturated carbocycles. The number of carbonyl (C=O) groups is 1. The lowest BCUT2D eigenvalue weighted by Gasteiger charge is -2.29. The molecule has 2 aromatic heterocycles. The third kappa shape index (κ3) is 1.82. The van der Waals surface area contributed by atoms with E-state index in [1.807, 2.05) is 29.3 Å². The minimum absolute atomic E-state index is 0.274. The zero-order chi connectivity index (χ0) is 13.5. The van der Waals surface area contributed by atoms with Crippen LogP contribution in [0.5, 0.6) is 0 Å². The Morgan fingerprint density at radius 3 is 2.95 bits per heavy atom. The molecule has 0 atom stereocenters. The van der Waals surface area contributed by atoms with Gasteiger partial charge in [0.1, 0.15) is 5.65 Å². The zero-order valence-electron chi connectivity index (χ0n) is 11.6. The first kappa shape index (κ1) is 11.9. The van der Waals surface area contributed by atoms with E-state index in [0.29, 0.717) is 5.91 Å². The Morgan fingerprint density at radius 1 is 1.25 bits per heavy atom. The average Bonchev–Trinajstić information content (AvgIpc) is 3.13. The molecule has 104 valence electrons. The number of carbonyl (C=O) groups excluding carboxylic acids is 1. The highest BCUT2D eigenvalue weighted by Gasteiger charge is 2.30. The standard InChI is InChI=1S/C16H19N3O/c20-16(12-5-1-2-6-12)18-10-8-13-14(11-18)19-9-4-3-7-15(19)17-13/h3-4,7,9,12H,1-2,5-6,8,10-11H2. The summed E-state index contributed by atoms with van der Waals surface area (Å²) in [6.45, 7) is 1.54. The van der Waals surface area contributed by atoms with Crippen molar-refractivity contribution in [3.63, 3.8) is 0 Å². The molecule has 0 N–H and O–H groups in total. The lowest BCUT2D eigenvalue weighted by molar-refractivity contribution is -0.136. The van der Waals surface area contributed by atoms with Crippen molar-refractivity contribution < 1.29 is 4.79 Å². The Labute approximate surface area is 118 Å². The van der Waals surface area contributed by atoms with Crippen LogP contribution in [0.4, 0.5) is 0 Å². The van der Waals surface area contributed by atoms with Gasteiger partial charge < -0.3 is 9.30 Å². The van der Waals surface area contributed by atoms with Gasteiger partial charge in [-0.3, -0.25) is 4.79 Å². The maximum Gasteiger partial charge on any atom is 0.226 e. The lowest BCUT2D eigenvalue weighted by atomic mass is 10.0. The van der Waals surface area contributed by atoms with Gasteiger partial charge in [0.2, 0.25) is 5.91 Å². The molecule has 1 amide bonds. The van der Waals surface area contributed by atoms with Crippen LogP contribution in [0.15, 0.2) is 24.4 Å². The van der Waals surface area contributed by atoms with E-state index >= 15 is 0 Å². The summed E-state index contributed by atoms with van der Waals surface area (Å²) in [6.07, 6.45) is 7.51. The summed E-state index contributed by atoms with van der Waals surface area (Å²) in [4.78, 5) is 19.3. The maximum absolute atomic E-state index is 12.6. The van der Waals surface area contributed by atoms with E-state index in [1.54, 1.807) is 0 Å². The number of aromatic nitrogens is 2. The van der Waals surface area contributed by atoms with Crippen molar-refractivity contribution in [2.75, 3.05) is 6.54 Å². The molecule has 0 aromatic carbocycles. The molecule has 1 aliphatic heterocycles. The Hall–Kier alpha value is -1.84. The fourth-order valence-electron chi connectivity index (χ4n) is 3.58. The molecule has 0 radical (unpaired) electrons. The summed E-state index contributed by atoms with van der Waals surface area (Å²) in [5, 5.41) is 0. The van der Waals surface area contributed by atoms with E-state index in [-0.39, 0.29) is 5.92 Å². The second kappa shape index (κ2) is 4.62. The monoisotopic (exact) mass is 269 g/mol. The number of amides is 1. The van der Waals surface area contributed by atoms with Crippen molar-refractivity contribution >= 4 is 11.6 Å². The van der Waals surface area contributed by atoms with Crippen LogP contribution < -0.4 is 0 Å². The molecule has 1 aliphatic carbocycles. The summed E-state index contributed by atoms with van der Waals surface area (Å²) in [5.41, 5.74) is 3.34. The number of pyridine rings is 1. The van der Waals surface area contributed by atoms with Gasteiger partial charge in [-0.05, 0) is 25.0 Å². The summed E-state index contributed by atoms with van der Waals surface area (Å²) in [7, 11) is 0. The van der Waals surface area contributed by atoms with Gasteiger partial charge in [-0.1, -0.05) is 18.9 Å².